The summed E-state index contributed by atoms with van der Waals surface area (Å²) in [6.07, 6.45) is 0. The highest BCUT2D eigenvalue weighted by molar-refractivity contribution is 14.1. The Labute approximate surface area is 126 Å². The number of carbonyl (C=O) groups is 1. The number of methoxy groups -OCH3 is 2. The summed E-state index contributed by atoms with van der Waals surface area (Å²) >= 11 is 2.05. The zero-order valence-electron chi connectivity index (χ0n) is 11.0. The number of halogens is 1. The summed E-state index contributed by atoms with van der Waals surface area (Å²) in [4.78, 5) is 11.1. The minimum absolute atomic E-state index is 0.177. The number of hydrogen-bond acceptors (Lipinski definition) is 5. The van der Waals surface area contributed by atoms with E-state index in [4.69, 9.17) is 9.47 Å². The highest BCUT2D eigenvalue weighted by atomic mass is 127. The minimum atomic E-state index is -0.218. The molecule has 0 saturated carbocycles. The van der Waals surface area contributed by atoms with Crippen molar-refractivity contribution in [2.75, 3.05) is 33.9 Å². The van der Waals surface area contributed by atoms with Crippen molar-refractivity contribution in [2.24, 2.45) is 0 Å². The Morgan fingerprint density at radius 1 is 1.26 bits per heavy atom. The summed E-state index contributed by atoms with van der Waals surface area (Å²) in [7, 11) is 3.02. The maximum atomic E-state index is 11.1. The van der Waals surface area contributed by atoms with E-state index in [-0.39, 0.29) is 9.89 Å². The number of nitrogens with one attached hydrogen (secondary N) is 1. The van der Waals surface area contributed by atoms with Gasteiger partial charge in [0.25, 0.3) is 0 Å². The van der Waals surface area contributed by atoms with E-state index in [0.717, 1.165) is 11.5 Å². The van der Waals surface area contributed by atoms with Gasteiger partial charge in [0.05, 0.1) is 14.2 Å². The third-order valence-corrected chi connectivity index (χ3v) is 3.34. The summed E-state index contributed by atoms with van der Waals surface area (Å²) in [6.45, 7) is 1.78. The Kier molecular flexibility index (Phi) is 7.57. The van der Waals surface area contributed by atoms with Crippen LogP contribution in [0.4, 0.5) is 0 Å². The van der Waals surface area contributed by atoms with Crippen LogP contribution < -0.4 is 14.8 Å². The third-order valence-electron chi connectivity index (χ3n) is 2.39. The quantitative estimate of drug-likeness (QED) is 0.322. The van der Waals surface area contributed by atoms with E-state index < -0.39 is 0 Å². The Morgan fingerprint density at radius 3 is 2.47 bits per heavy atom. The van der Waals surface area contributed by atoms with E-state index in [1.165, 1.54) is 7.11 Å². The van der Waals surface area contributed by atoms with Gasteiger partial charge in [-0.15, -0.1) is 0 Å². The third kappa shape index (κ3) is 6.11. The molecule has 0 aliphatic rings. The van der Waals surface area contributed by atoms with Crippen LogP contribution in [0.5, 0.6) is 11.5 Å². The van der Waals surface area contributed by atoms with E-state index in [1.807, 2.05) is 46.9 Å². The second-order valence-electron chi connectivity index (χ2n) is 3.72. The van der Waals surface area contributed by atoms with Crippen LogP contribution in [0.3, 0.4) is 0 Å². The first-order valence-electron chi connectivity index (χ1n) is 5.87. The lowest BCUT2D eigenvalue weighted by Crippen LogP contribution is -2.32. The van der Waals surface area contributed by atoms with Crippen molar-refractivity contribution in [3.63, 3.8) is 0 Å². The van der Waals surface area contributed by atoms with E-state index >= 15 is 0 Å². The van der Waals surface area contributed by atoms with Crippen molar-refractivity contribution in [1.29, 1.82) is 0 Å². The van der Waals surface area contributed by atoms with Crippen LogP contribution in [0.1, 0.15) is 0 Å². The first kappa shape index (κ1) is 16.0. The molecule has 0 aliphatic carbocycles. The van der Waals surface area contributed by atoms with Gasteiger partial charge in [0.2, 0.25) is 0 Å². The fourth-order valence-electron chi connectivity index (χ4n) is 1.35. The fraction of sp³-hybridized carbons (Fsp3) is 0.462. The zero-order chi connectivity index (χ0) is 14.1. The number of rotatable bonds is 8. The smallest absolute Gasteiger partial charge is 0.319 e. The molecule has 1 unspecified atom stereocenters. The lowest BCUT2D eigenvalue weighted by Gasteiger charge is -2.10. The number of hydrogen-bond donors (Lipinski definition) is 1. The SMILES string of the molecule is COC(=O)C(I)CNCCOc1ccc(OC)cc1. The summed E-state index contributed by atoms with van der Waals surface area (Å²) in [6, 6.07) is 7.41. The molecule has 1 rings (SSSR count). The van der Waals surface area contributed by atoms with Crippen molar-refractivity contribution in [3.05, 3.63) is 24.3 Å². The maximum absolute atomic E-state index is 11.1. The molecule has 19 heavy (non-hydrogen) atoms. The molecule has 0 aromatic heterocycles. The predicted molar refractivity (Wildman–Crippen MR) is 81.2 cm³/mol. The molecule has 0 aliphatic heterocycles. The Bertz CT molecular complexity index is 383. The molecule has 0 saturated heterocycles. The van der Waals surface area contributed by atoms with E-state index in [2.05, 4.69) is 10.1 Å². The number of benzene rings is 1. The molecule has 1 aromatic carbocycles. The number of esters is 1. The molecule has 1 aromatic rings. The lowest BCUT2D eigenvalue weighted by atomic mass is 10.3. The molecule has 6 heteroatoms. The van der Waals surface area contributed by atoms with Gasteiger partial charge in [-0.05, 0) is 24.3 Å². The molecule has 1 N–H and O–H groups in total. The van der Waals surface area contributed by atoms with Gasteiger partial charge in [0, 0.05) is 13.1 Å². The first-order chi connectivity index (χ1) is 9.17. The van der Waals surface area contributed by atoms with Gasteiger partial charge in [-0.2, -0.15) is 0 Å². The van der Waals surface area contributed by atoms with E-state index in [0.29, 0.717) is 19.7 Å². The van der Waals surface area contributed by atoms with Gasteiger partial charge < -0.3 is 19.5 Å². The average Bonchev–Trinajstić information content (AvgIpc) is 2.46. The fourth-order valence-corrected chi connectivity index (χ4v) is 1.92. The molecular formula is C13H18INO4. The average molecular weight is 379 g/mol. The number of ether oxygens (including phenoxy) is 3. The highest BCUT2D eigenvalue weighted by Gasteiger charge is 2.13. The normalized spacial score (nSPS) is 11.7. The molecule has 0 fully saturated rings. The van der Waals surface area contributed by atoms with Gasteiger partial charge in [0.1, 0.15) is 22.0 Å². The maximum Gasteiger partial charge on any atom is 0.319 e. The van der Waals surface area contributed by atoms with Crippen LogP contribution in [-0.4, -0.2) is 43.8 Å². The molecule has 0 amide bonds. The molecule has 0 spiro atoms. The van der Waals surface area contributed by atoms with Crippen LogP contribution in [0.25, 0.3) is 0 Å². The minimum Gasteiger partial charge on any atom is -0.497 e. The van der Waals surface area contributed by atoms with Crippen LogP contribution >= 0.6 is 22.6 Å². The molecule has 5 nitrogen and oxygen atoms in total. The second kappa shape index (κ2) is 8.98. The summed E-state index contributed by atoms with van der Waals surface area (Å²) in [5, 5.41) is 3.14. The van der Waals surface area contributed by atoms with Crippen molar-refractivity contribution >= 4 is 28.6 Å². The van der Waals surface area contributed by atoms with Gasteiger partial charge in [-0.1, -0.05) is 22.6 Å². The highest BCUT2D eigenvalue weighted by Crippen LogP contribution is 2.16. The summed E-state index contributed by atoms with van der Waals surface area (Å²) in [5.74, 6) is 1.38. The number of alkyl halides is 1. The van der Waals surface area contributed by atoms with Gasteiger partial charge in [-0.3, -0.25) is 4.79 Å². The lowest BCUT2D eigenvalue weighted by molar-refractivity contribution is -0.139. The van der Waals surface area contributed by atoms with Crippen molar-refractivity contribution in [3.8, 4) is 11.5 Å². The Morgan fingerprint density at radius 2 is 1.89 bits per heavy atom. The van der Waals surface area contributed by atoms with Crippen LogP contribution in [0.2, 0.25) is 0 Å². The number of carbonyl (C=O) groups excluding carboxylic acids is 1. The van der Waals surface area contributed by atoms with Crippen molar-refractivity contribution in [1.82, 2.24) is 5.32 Å². The first-order valence-corrected chi connectivity index (χ1v) is 7.11. The molecule has 0 radical (unpaired) electrons. The van der Waals surface area contributed by atoms with E-state index in [1.54, 1.807) is 7.11 Å². The van der Waals surface area contributed by atoms with Crippen LogP contribution in [0, 0.1) is 0 Å². The predicted octanol–water partition coefficient (Wildman–Crippen LogP) is 1.64. The molecule has 0 bridgehead atoms. The zero-order valence-corrected chi connectivity index (χ0v) is 13.2. The van der Waals surface area contributed by atoms with Crippen LogP contribution in [-0.2, 0) is 9.53 Å². The second-order valence-corrected chi connectivity index (χ2v) is 5.22. The standard InChI is InChI=1S/C13H18INO4/c1-17-10-3-5-11(6-4-10)19-8-7-15-9-12(14)13(16)18-2/h3-6,12,15H,7-9H2,1-2H3. The van der Waals surface area contributed by atoms with Crippen molar-refractivity contribution < 1.29 is 19.0 Å². The molecular weight excluding hydrogens is 361 g/mol. The molecule has 0 heterocycles. The van der Waals surface area contributed by atoms with Crippen molar-refractivity contribution in [2.45, 2.75) is 3.92 Å². The Hall–Kier alpha value is -1.02. The molecule has 1 atom stereocenters. The van der Waals surface area contributed by atoms with Crippen LogP contribution in [0.15, 0.2) is 24.3 Å². The van der Waals surface area contributed by atoms with Gasteiger partial charge >= 0.3 is 5.97 Å². The largest absolute Gasteiger partial charge is 0.497 e. The Balaban J connectivity index is 2.15. The van der Waals surface area contributed by atoms with E-state index in [9.17, 15) is 4.79 Å². The summed E-state index contributed by atoms with van der Waals surface area (Å²) < 4.78 is 15.0. The monoisotopic (exact) mass is 379 g/mol. The summed E-state index contributed by atoms with van der Waals surface area (Å²) in [5.41, 5.74) is 0. The molecule has 106 valence electrons. The van der Waals surface area contributed by atoms with Gasteiger partial charge in [0.15, 0.2) is 0 Å². The topological polar surface area (TPSA) is 56.8 Å². The van der Waals surface area contributed by atoms with Gasteiger partial charge in [-0.25, -0.2) is 0 Å².